The van der Waals surface area contributed by atoms with Gasteiger partial charge in [-0.05, 0) is 66.8 Å². The van der Waals surface area contributed by atoms with Crippen LogP contribution in [0.15, 0.2) is 48.5 Å². The second-order valence-electron chi connectivity index (χ2n) is 8.88. The van der Waals surface area contributed by atoms with E-state index in [9.17, 15) is 4.57 Å². The first-order chi connectivity index (χ1) is 14.1. The van der Waals surface area contributed by atoms with Crippen molar-refractivity contribution in [2.24, 2.45) is 5.41 Å². The highest BCUT2D eigenvalue weighted by Crippen LogP contribution is 2.34. The Morgan fingerprint density at radius 1 is 1.00 bits per heavy atom. The fraction of sp³-hybridized carbons (Fsp3) is 0.500. The van der Waals surface area contributed by atoms with Gasteiger partial charge in [-0.1, -0.05) is 74.3 Å². The maximum absolute atomic E-state index is 10.8. The molecule has 0 aliphatic rings. The molecular formula is C24H35ClNO3P. The van der Waals surface area contributed by atoms with E-state index in [-0.39, 0.29) is 6.16 Å². The van der Waals surface area contributed by atoms with Crippen molar-refractivity contribution >= 4 is 19.2 Å². The smallest absolute Gasteiger partial charge is 0.324 e. The molecule has 0 unspecified atom stereocenters. The number of nitrogens with one attached hydrogen (secondary N) is 1. The molecular weight excluding hydrogens is 417 g/mol. The molecule has 6 heteroatoms. The normalized spacial score (nSPS) is 12.3. The van der Waals surface area contributed by atoms with Crippen molar-refractivity contribution in [1.82, 2.24) is 5.32 Å². The molecule has 0 atom stereocenters. The van der Waals surface area contributed by atoms with E-state index in [0.29, 0.717) is 24.9 Å². The number of benzene rings is 2. The van der Waals surface area contributed by atoms with E-state index < -0.39 is 7.60 Å². The minimum atomic E-state index is -3.90. The van der Waals surface area contributed by atoms with Crippen LogP contribution >= 0.6 is 19.2 Å². The molecule has 0 saturated carbocycles. The molecule has 0 aliphatic carbocycles. The molecule has 30 heavy (non-hydrogen) atoms. The predicted molar refractivity (Wildman–Crippen MR) is 126 cm³/mol. The Bertz CT molecular complexity index is 820. The molecule has 0 saturated heterocycles. The quantitative estimate of drug-likeness (QED) is 0.259. The van der Waals surface area contributed by atoms with E-state index in [0.717, 1.165) is 29.8 Å². The molecule has 0 fully saturated rings. The van der Waals surface area contributed by atoms with E-state index in [1.54, 1.807) is 0 Å². The Labute approximate surface area is 186 Å². The fourth-order valence-electron chi connectivity index (χ4n) is 3.70. The highest BCUT2D eigenvalue weighted by molar-refractivity contribution is 7.51. The summed E-state index contributed by atoms with van der Waals surface area (Å²) in [7, 11) is -3.90. The number of halogens is 1. The van der Waals surface area contributed by atoms with Crippen LogP contribution in [0.4, 0.5) is 0 Å². The van der Waals surface area contributed by atoms with E-state index in [2.05, 4.69) is 61.6 Å². The molecule has 2 aromatic carbocycles. The van der Waals surface area contributed by atoms with E-state index >= 15 is 0 Å². The molecule has 2 aromatic rings. The molecule has 2 rings (SSSR count). The molecule has 0 spiro atoms. The van der Waals surface area contributed by atoms with Crippen molar-refractivity contribution < 1.29 is 14.4 Å². The number of hydrogen-bond acceptors (Lipinski definition) is 2. The van der Waals surface area contributed by atoms with Gasteiger partial charge in [-0.2, -0.15) is 0 Å². The van der Waals surface area contributed by atoms with Crippen molar-refractivity contribution in [2.45, 2.75) is 58.9 Å². The first-order valence-corrected chi connectivity index (χ1v) is 12.9. The first-order valence-electron chi connectivity index (χ1n) is 10.7. The summed E-state index contributed by atoms with van der Waals surface area (Å²) in [5.74, 6) is 0. The van der Waals surface area contributed by atoms with Crippen LogP contribution in [0.25, 0.3) is 0 Å². The van der Waals surface area contributed by atoms with Gasteiger partial charge in [-0.25, -0.2) is 0 Å². The fourth-order valence-corrected chi connectivity index (χ4v) is 4.57. The predicted octanol–water partition coefficient (Wildman–Crippen LogP) is 5.98. The minimum absolute atomic E-state index is 0.0815. The zero-order valence-corrected chi connectivity index (χ0v) is 19.8. The topological polar surface area (TPSA) is 69.6 Å². The molecule has 0 heterocycles. The molecule has 0 bridgehead atoms. The summed E-state index contributed by atoms with van der Waals surface area (Å²) in [4.78, 5) is 17.7. The Hall–Kier alpha value is -1.16. The lowest BCUT2D eigenvalue weighted by atomic mass is 9.81. The third kappa shape index (κ3) is 10.2. The highest BCUT2D eigenvalue weighted by Gasteiger charge is 2.18. The first kappa shape index (κ1) is 25.1. The van der Waals surface area contributed by atoms with Crippen LogP contribution in [-0.4, -0.2) is 22.5 Å². The summed E-state index contributed by atoms with van der Waals surface area (Å²) in [5.41, 5.74) is 3.96. The summed E-state index contributed by atoms with van der Waals surface area (Å²) < 4.78 is 10.8. The van der Waals surface area contributed by atoms with Gasteiger partial charge in [0, 0.05) is 11.6 Å². The third-order valence-electron chi connectivity index (χ3n) is 5.32. The van der Waals surface area contributed by atoms with Gasteiger partial charge in [0.25, 0.3) is 0 Å². The summed E-state index contributed by atoms with van der Waals surface area (Å²) in [6.45, 7) is 5.90. The Kier molecular flexibility index (Phi) is 10.1. The van der Waals surface area contributed by atoms with Crippen LogP contribution in [0.2, 0.25) is 5.02 Å². The third-order valence-corrected chi connectivity index (χ3v) is 6.58. The summed E-state index contributed by atoms with van der Waals surface area (Å²) >= 11 is 6.47. The van der Waals surface area contributed by atoms with Crippen molar-refractivity contribution in [3.8, 4) is 0 Å². The molecule has 0 amide bonds. The monoisotopic (exact) mass is 451 g/mol. The van der Waals surface area contributed by atoms with Crippen molar-refractivity contribution in [3.05, 3.63) is 70.2 Å². The van der Waals surface area contributed by atoms with E-state index in [1.165, 1.54) is 24.0 Å². The van der Waals surface area contributed by atoms with Gasteiger partial charge in [0.05, 0.1) is 6.16 Å². The van der Waals surface area contributed by atoms with Crippen LogP contribution in [0.3, 0.4) is 0 Å². The summed E-state index contributed by atoms with van der Waals surface area (Å²) in [6, 6.07) is 16.9. The van der Waals surface area contributed by atoms with Crippen molar-refractivity contribution in [3.63, 3.8) is 0 Å². The molecule has 0 aromatic heterocycles. The second-order valence-corrected chi connectivity index (χ2v) is 11.1. The van der Waals surface area contributed by atoms with E-state index in [1.807, 2.05) is 6.07 Å². The van der Waals surface area contributed by atoms with Gasteiger partial charge >= 0.3 is 7.60 Å². The Morgan fingerprint density at radius 3 is 2.40 bits per heavy atom. The minimum Gasteiger partial charge on any atom is -0.324 e. The molecule has 3 N–H and O–H groups in total. The highest BCUT2D eigenvalue weighted by atomic mass is 35.5. The Morgan fingerprint density at radius 2 is 1.73 bits per heavy atom. The maximum Gasteiger partial charge on any atom is 0.325 e. The standard InChI is InChI=1S/C24H35ClNO3P/c1-24(2,18-20-9-4-3-5-10-20)14-7-6-11-22-13-12-21(17-23(22)25)19-26-15-8-16-30(27,28)29/h3-5,9-10,12-13,17,26H,6-8,11,14-16,18-19H2,1-2H3,(H2,27,28,29). The molecule has 166 valence electrons. The average molecular weight is 452 g/mol. The summed E-state index contributed by atoms with van der Waals surface area (Å²) in [6.07, 6.45) is 5.95. The Balaban J connectivity index is 1.69. The maximum atomic E-state index is 10.8. The van der Waals surface area contributed by atoms with Crippen LogP contribution < -0.4 is 5.32 Å². The summed E-state index contributed by atoms with van der Waals surface area (Å²) in [5, 5.41) is 4.01. The lowest BCUT2D eigenvalue weighted by molar-refractivity contribution is 0.319. The van der Waals surface area contributed by atoms with E-state index in [4.69, 9.17) is 21.4 Å². The number of unbranched alkanes of at least 4 members (excludes halogenated alkanes) is 1. The zero-order chi connectivity index (χ0) is 22.0. The van der Waals surface area contributed by atoms with Crippen LogP contribution in [0.1, 0.15) is 56.2 Å². The SMILES string of the molecule is CC(C)(CCCCc1ccc(CNCCCP(=O)(O)O)cc1Cl)Cc1ccccc1. The number of rotatable bonds is 13. The van der Waals surface area contributed by atoms with Gasteiger partial charge in [-0.15, -0.1) is 0 Å². The van der Waals surface area contributed by atoms with Gasteiger partial charge in [0.1, 0.15) is 0 Å². The second kappa shape index (κ2) is 12.0. The van der Waals surface area contributed by atoms with Gasteiger partial charge < -0.3 is 15.1 Å². The lowest BCUT2D eigenvalue weighted by Gasteiger charge is -2.24. The molecule has 4 nitrogen and oxygen atoms in total. The molecule has 0 aliphatic heterocycles. The lowest BCUT2D eigenvalue weighted by Crippen LogP contribution is -2.16. The van der Waals surface area contributed by atoms with Crippen LogP contribution in [-0.2, 0) is 24.0 Å². The van der Waals surface area contributed by atoms with Gasteiger partial charge in [0.2, 0.25) is 0 Å². The van der Waals surface area contributed by atoms with Crippen LogP contribution in [0, 0.1) is 5.41 Å². The van der Waals surface area contributed by atoms with Gasteiger partial charge in [0.15, 0.2) is 0 Å². The largest absolute Gasteiger partial charge is 0.325 e. The molecule has 0 radical (unpaired) electrons. The number of hydrogen-bond donors (Lipinski definition) is 3. The van der Waals surface area contributed by atoms with Crippen LogP contribution in [0.5, 0.6) is 0 Å². The van der Waals surface area contributed by atoms with Crippen molar-refractivity contribution in [2.75, 3.05) is 12.7 Å². The van der Waals surface area contributed by atoms with Gasteiger partial charge in [-0.3, -0.25) is 4.57 Å². The van der Waals surface area contributed by atoms with Crippen molar-refractivity contribution in [1.29, 1.82) is 0 Å². The number of aryl methyl sites for hydroxylation is 1. The zero-order valence-electron chi connectivity index (χ0n) is 18.1. The average Bonchev–Trinajstić information content (AvgIpc) is 2.66.